The Balaban J connectivity index is 1.50. The third kappa shape index (κ3) is 2.94. The van der Waals surface area contributed by atoms with Gasteiger partial charge in [-0.3, -0.25) is 0 Å². The largest absolute Gasteiger partial charge is 0.344 e. The fourth-order valence-corrected chi connectivity index (χ4v) is 8.05. The summed E-state index contributed by atoms with van der Waals surface area (Å²) in [6.07, 6.45) is 22.2. The van der Waals surface area contributed by atoms with E-state index in [0.717, 1.165) is 43.0 Å². The maximum absolute atomic E-state index is 6.09. The van der Waals surface area contributed by atoms with Crippen molar-refractivity contribution in [1.29, 1.82) is 0 Å². The van der Waals surface area contributed by atoms with E-state index in [2.05, 4.69) is 25.0 Å². The lowest BCUT2D eigenvalue weighted by atomic mass is 9.50. The number of terminal acetylenes is 1. The first-order chi connectivity index (χ1) is 13.6. The van der Waals surface area contributed by atoms with Crippen molar-refractivity contribution < 1.29 is 9.47 Å². The summed E-state index contributed by atoms with van der Waals surface area (Å²) in [5.41, 5.74) is 4.21. The number of hydrogen-bond donors (Lipinski definition) is 0. The normalized spacial score (nSPS) is 40.9. The van der Waals surface area contributed by atoms with Crippen molar-refractivity contribution in [3.05, 3.63) is 23.3 Å². The van der Waals surface area contributed by atoms with E-state index in [0.29, 0.717) is 5.41 Å². The molecule has 0 aromatic heterocycles. The van der Waals surface area contributed by atoms with Gasteiger partial charge in [-0.05, 0) is 74.0 Å². The number of fused-ring (bicyclic) bond motifs is 5. The van der Waals surface area contributed by atoms with Crippen LogP contribution in [-0.2, 0) is 9.47 Å². The zero-order valence-corrected chi connectivity index (χ0v) is 18.1. The number of allylic oxidation sites excluding steroid dienone is 3. The van der Waals surface area contributed by atoms with Gasteiger partial charge in [-0.25, -0.2) is 0 Å². The predicted octanol–water partition coefficient (Wildman–Crippen LogP) is 5.74. The maximum Gasteiger partial charge on any atom is 0.188 e. The van der Waals surface area contributed by atoms with Gasteiger partial charge >= 0.3 is 0 Å². The van der Waals surface area contributed by atoms with Gasteiger partial charge in [0.2, 0.25) is 0 Å². The molecule has 2 saturated carbocycles. The summed E-state index contributed by atoms with van der Waals surface area (Å²) in [4.78, 5) is 0. The van der Waals surface area contributed by atoms with Crippen LogP contribution in [0.25, 0.3) is 0 Å². The Morgan fingerprint density at radius 3 is 2.89 bits per heavy atom. The molecule has 4 aliphatic carbocycles. The summed E-state index contributed by atoms with van der Waals surface area (Å²) in [5.74, 6) is 6.06. The molecule has 0 unspecified atom stereocenters. The molecule has 152 valence electrons. The molecular formula is C25H34O2S. The first kappa shape index (κ1) is 19.3. The van der Waals surface area contributed by atoms with Crippen molar-refractivity contribution in [3.63, 3.8) is 0 Å². The Hall–Kier alpha value is -0.690. The van der Waals surface area contributed by atoms with E-state index in [4.69, 9.17) is 15.9 Å². The summed E-state index contributed by atoms with van der Waals surface area (Å²) >= 11 is 1.93. The van der Waals surface area contributed by atoms with E-state index >= 15 is 0 Å². The van der Waals surface area contributed by atoms with Gasteiger partial charge in [-0.1, -0.05) is 36.5 Å². The molecule has 4 atom stereocenters. The van der Waals surface area contributed by atoms with Crippen LogP contribution < -0.4 is 0 Å². The van der Waals surface area contributed by atoms with Crippen molar-refractivity contribution >= 4 is 11.8 Å². The summed E-state index contributed by atoms with van der Waals surface area (Å²) in [5, 5.41) is 0. The topological polar surface area (TPSA) is 18.5 Å². The second-order valence-electron chi connectivity index (χ2n) is 9.93. The smallest absolute Gasteiger partial charge is 0.188 e. The first-order valence-corrected chi connectivity index (χ1v) is 12.5. The third-order valence-electron chi connectivity index (χ3n) is 8.65. The van der Waals surface area contributed by atoms with Gasteiger partial charge in [-0.15, -0.1) is 18.2 Å². The molecule has 3 fully saturated rings. The highest BCUT2D eigenvalue weighted by atomic mass is 32.2. The molecule has 0 radical (unpaired) electrons. The Kier molecular flexibility index (Phi) is 4.97. The second kappa shape index (κ2) is 7.22. The molecule has 5 aliphatic rings. The van der Waals surface area contributed by atoms with Gasteiger partial charge < -0.3 is 9.47 Å². The minimum absolute atomic E-state index is 0.245. The van der Waals surface area contributed by atoms with Gasteiger partial charge in [-0.2, -0.15) is 0 Å². The molecule has 3 heteroatoms. The highest BCUT2D eigenvalue weighted by molar-refractivity contribution is 7.99. The van der Waals surface area contributed by atoms with Crippen LogP contribution in [0, 0.1) is 35.0 Å². The van der Waals surface area contributed by atoms with Crippen LogP contribution in [0.4, 0.5) is 0 Å². The van der Waals surface area contributed by atoms with E-state index < -0.39 is 5.79 Å². The van der Waals surface area contributed by atoms with Crippen LogP contribution in [-0.4, -0.2) is 30.5 Å². The molecule has 1 heterocycles. The maximum atomic E-state index is 6.09. The van der Waals surface area contributed by atoms with E-state index in [9.17, 15) is 0 Å². The fourth-order valence-electron chi connectivity index (χ4n) is 7.30. The second-order valence-corrected chi connectivity index (χ2v) is 11.0. The fraction of sp³-hybridized carbons (Fsp3) is 0.760. The first-order valence-electron chi connectivity index (χ1n) is 11.3. The van der Waals surface area contributed by atoms with Crippen LogP contribution in [0.5, 0.6) is 0 Å². The minimum atomic E-state index is -0.422. The molecule has 0 aromatic carbocycles. The van der Waals surface area contributed by atoms with Crippen molar-refractivity contribution in [1.82, 2.24) is 0 Å². The highest BCUT2D eigenvalue weighted by Crippen LogP contribution is 2.65. The third-order valence-corrected chi connectivity index (χ3v) is 9.52. The van der Waals surface area contributed by atoms with Crippen LogP contribution in [0.2, 0.25) is 0 Å². The number of thioether (sulfide) groups is 1. The van der Waals surface area contributed by atoms with Gasteiger partial charge in [0.05, 0.1) is 19.0 Å². The average molecular weight is 399 g/mol. The Bertz CT molecular complexity index is 725. The number of hydrogen-bond acceptors (Lipinski definition) is 3. The Labute approximate surface area is 174 Å². The molecule has 1 spiro atoms. The Morgan fingerprint density at radius 2 is 2.07 bits per heavy atom. The predicted molar refractivity (Wildman–Crippen MR) is 116 cm³/mol. The molecule has 0 amide bonds. The molecule has 5 rings (SSSR count). The van der Waals surface area contributed by atoms with Crippen molar-refractivity contribution in [2.75, 3.05) is 24.7 Å². The van der Waals surface area contributed by atoms with Crippen LogP contribution in [0.1, 0.15) is 64.7 Å². The minimum Gasteiger partial charge on any atom is -0.344 e. The molecule has 2 nitrogen and oxygen atoms in total. The summed E-state index contributed by atoms with van der Waals surface area (Å²) in [6.45, 7) is 4.04. The molecule has 0 N–H and O–H groups in total. The number of ether oxygens (including phenoxy) is 2. The summed E-state index contributed by atoms with van der Waals surface area (Å²) < 4.78 is 12.2. The standard InChI is InChI=1S/C25H34O2S/c1-3-16-28-17-13-24-11-12-25(26-14-15-27-25)18-19(24)6-7-20-21-5-4-9-23(21,2)10-8-22(20)24/h1,8,18,20-21H,4-7,9-17H2,2H3/t20-,21-,23-,24+/m0/s1. The Morgan fingerprint density at radius 1 is 1.21 bits per heavy atom. The zero-order valence-electron chi connectivity index (χ0n) is 17.3. The highest BCUT2D eigenvalue weighted by Gasteiger charge is 2.56. The van der Waals surface area contributed by atoms with Crippen LogP contribution >= 0.6 is 11.8 Å². The lowest BCUT2D eigenvalue weighted by Crippen LogP contribution is -2.47. The molecule has 1 saturated heterocycles. The van der Waals surface area contributed by atoms with Crippen molar-refractivity contribution in [2.24, 2.45) is 22.7 Å². The van der Waals surface area contributed by atoms with E-state index in [1.54, 1.807) is 11.1 Å². The van der Waals surface area contributed by atoms with Gasteiger partial charge in [0.25, 0.3) is 0 Å². The molecule has 0 aromatic rings. The van der Waals surface area contributed by atoms with Crippen molar-refractivity contribution in [2.45, 2.75) is 70.5 Å². The SMILES string of the molecule is C#CCSCC[C@]12CCC3(C=C1CC[C@@H]1C2=CC[C@]2(C)CCC[C@@H]12)OCCO3. The number of rotatable bonds is 4. The molecule has 1 aliphatic heterocycles. The molecular weight excluding hydrogens is 364 g/mol. The summed E-state index contributed by atoms with van der Waals surface area (Å²) in [6, 6.07) is 0. The van der Waals surface area contributed by atoms with Crippen LogP contribution in [0.15, 0.2) is 23.3 Å². The lowest BCUT2D eigenvalue weighted by Gasteiger charge is -2.55. The lowest BCUT2D eigenvalue weighted by molar-refractivity contribution is -0.133. The zero-order chi connectivity index (χ0) is 19.2. The van der Waals surface area contributed by atoms with Crippen LogP contribution in [0.3, 0.4) is 0 Å². The monoisotopic (exact) mass is 398 g/mol. The van der Waals surface area contributed by atoms with E-state index in [-0.39, 0.29) is 5.41 Å². The molecule has 0 bridgehead atoms. The average Bonchev–Trinajstić information content (AvgIpc) is 3.32. The quantitative estimate of drug-likeness (QED) is 0.342. The van der Waals surface area contributed by atoms with E-state index in [1.807, 2.05) is 11.8 Å². The van der Waals surface area contributed by atoms with Gasteiger partial charge in [0.1, 0.15) is 0 Å². The van der Waals surface area contributed by atoms with E-state index in [1.165, 1.54) is 51.4 Å². The van der Waals surface area contributed by atoms with Crippen molar-refractivity contribution in [3.8, 4) is 12.3 Å². The molecule has 28 heavy (non-hydrogen) atoms. The van der Waals surface area contributed by atoms with Gasteiger partial charge in [0.15, 0.2) is 5.79 Å². The van der Waals surface area contributed by atoms with Gasteiger partial charge in [0, 0.05) is 11.8 Å². The summed E-state index contributed by atoms with van der Waals surface area (Å²) in [7, 11) is 0.